The van der Waals surface area contributed by atoms with Crippen LogP contribution in [0.3, 0.4) is 0 Å². The van der Waals surface area contributed by atoms with Gasteiger partial charge in [0.2, 0.25) is 0 Å². The number of fused-ring (bicyclic) bond motifs is 1. The summed E-state index contributed by atoms with van der Waals surface area (Å²) in [6, 6.07) is 12.0. The first-order valence-corrected chi connectivity index (χ1v) is 11.4. The number of nitrogens with one attached hydrogen (secondary N) is 1. The Morgan fingerprint density at radius 3 is 2.50 bits per heavy atom. The number of nitriles is 1. The molecule has 0 bridgehead atoms. The number of carbonyl (C=O) groups excluding carboxylic acids is 1. The number of Topliss-reactive ketones (excluding diaryl/α,β-unsaturated/α-hetero) is 1. The molecular weight excluding hydrogens is 396 g/mol. The normalized spacial score (nSPS) is 18.7. The highest BCUT2D eigenvalue weighted by Crippen LogP contribution is 2.46. The molecule has 0 radical (unpaired) electrons. The van der Waals surface area contributed by atoms with Gasteiger partial charge in [-0.2, -0.15) is 5.26 Å². The lowest BCUT2D eigenvalue weighted by Gasteiger charge is -2.40. The third-order valence-electron chi connectivity index (χ3n) is 6.17. The van der Waals surface area contributed by atoms with E-state index >= 15 is 0 Å². The van der Waals surface area contributed by atoms with Crippen molar-refractivity contribution in [2.45, 2.75) is 67.7 Å². The van der Waals surface area contributed by atoms with Crippen LogP contribution in [0.15, 0.2) is 35.1 Å². The van der Waals surface area contributed by atoms with Crippen LogP contribution in [0.25, 0.3) is 12.2 Å². The van der Waals surface area contributed by atoms with Crippen molar-refractivity contribution in [3.63, 3.8) is 0 Å². The Morgan fingerprint density at radius 2 is 1.94 bits per heavy atom. The average Bonchev–Trinajstić information content (AvgIpc) is 2.72. The first-order chi connectivity index (χ1) is 14.9. The summed E-state index contributed by atoms with van der Waals surface area (Å²) < 4.78 is 0. The molecular formula is C28H36N2O2. The molecule has 2 aromatic rings. The minimum Gasteiger partial charge on any atom is -0.322 e. The van der Waals surface area contributed by atoms with Crippen molar-refractivity contribution >= 4 is 17.9 Å². The Balaban J connectivity index is 0.000000837. The molecule has 4 nitrogen and oxygen atoms in total. The Labute approximate surface area is 191 Å². The SMILES string of the molecule is CC(C)C.CCc1cc2c([nH]c1=O)=CC(C)(C(C)(C#N)Cc1cccc(C(C)=O)c1)CC=2. The van der Waals surface area contributed by atoms with Gasteiger partial charge in [0.1, 0.15) is 0 Å². The molecule has 1 aliphatic carbocycles. The smallest absolute Gasteiger partial charge is 0.251 e. The molecule has 1 aromatic heterocycles. The summed E-state index contributed by atoms with van der Waals surface area (Å²) in [5.74, 6) is 0.850. The number of pyridine rings is 1. The zero-order valence-corrected chi connectivity index (χ0v) is 20.5. The highest BCUT2D eigenvalue weighted by molar-refractivity contribution is 5.94. The lowest BCUT2D eigenvalue weighted by molar-refractivity contribution is 0.101. The van der Waals surface area contributed by atoms with Crippen molar-refractivity contribution in [2.24, 2.45) is 16.7 Å². The fourth-order valence-electron chi connectivity index (χ4n) is 3.92. The highest BCUT2D eigenvalue weighted by atomic mass is 16.1. The maximum atomic E-state index is 12.3. The van der Waals surface area contributed by atoms with Crippen LogP contribution in [-0.2, 0) is 12.8 Å². The fraction of sp³-hybridized carbons (Fsp3) is 0.464. The van der Waals surface area contributed by atoms with Gasteiger partial charge in [0.05, 0.1) is 11.5 Å². The number of benzene rings is 1. The van der Waals surface area contributed by atoms with Crippen LogP contribution in [-0.4, -0.2) is 10.8 Å². The number of carbonyl (C=O) groups is 1. The first kappa shape index (κ1) is 25.3. The summed E-state index contributed by atoms with van der Waals surface area (Å²) in [7, 11) is 0. The van der Waals surface area contributed by atoms with E-state index in [0.29, 0.717) is 24.8 Å². The maximum Gasteiger partial charge on any atom is 0.251 e. The first-order valence-electron chi connectivity index (χ1n) is 11.4. The standard InChI is InChI=1S/C24H26N2O2.C4H10/c1-5-18-12-20-9-10-23(3,14-21(20)26-22(18)28)24(4,15-25)13-17-7-6-8-19(11-17)16(2)27;1-4(2)3/h6-9,11-12,14H,5,10,13H2,1-4H3,(H,26,28);4H,1-3H3. The van der Waals surface area contributed by atoms with Crippen LogP contribution in [0.1, 0.15) is 76.4 Å². The van der Waals surface area contributed by atoms with E-state index in [4.69, 9.17) is 0 Å². The Bertz CT molecular complexity index is 1200. The number of aromatic nitrogens is 1. The molecule has 32 heavy (non-hydrogen) atoms. The molecule has 4 heteroatoms. The third-order valence-corrected chi connectivity index (χ3v) is 6.17. The molecule has 0 saturated heterocycles. The number of hydrogen-bond acceptors (Lipinski definition) is 3. The minimum absolute atomic E-state index is 0.0162. The van der Waals surface area contributed by atoms with Crippen LogP contribution in [0, 0.1) is 28.1 Å². The second-order valence-corrected chi connectivity index (χ2v) is 9.93. The highest BCUT2D eigenvalue weighted by Gasteiger charge is 2.43. The number of aryl methyl sites for hydroxylation is 1. The lowest BCUT2D eigenvalue weighted by Crippen LogP contribution is -2.46. The molecule has 2 atom stereocenters. The number of aromatic amines is 1. The quantitative estimate of drug-likeness (QED) is 0.705. The fourth-order valence-corrected chi connectivity index (χ4v) is 3.92. The van der Waals surface area contributed by atoms with E-state index < -0.39 is 10.8 Å². The second-order valence-electron chi connectivity index (χ2n) is 9.93. The number of nitrogens with zero attached hydrogens (tertiary/aromatic N) is 1. The van der Waals surface area contributed by atoms with Gasteiger partial charge in [0, 0.05) is 21.9 Å². The molecule has 1 aromatic carbocycles. The summed E-state index contributed by atoms with van der Waals surface area (Å²) >= 11 is 0. The van der Waals surface area contributed by atoms with Crippen molar-refractivity contribution in [1.29, 1.82) is 5.26 Å². The van der Waals surface area contributed by atoms with E-state index in [0.717, 1.165) is 27.6 Å². The van der Waals surface area contributed by atoms with Crippen molar-refractivity contribution in [3.8, 4) is 6.07 Å². The van der Waals surface area contributed by atoms with E-state index in [1.54, 1.807) is 13.0 Å². The maximum absolute atomic E-state index is 12.3. The van der Waals surface area contributed by atoms with Gasteiger partial charge in [-0.15, -0.1) is 0 Å². The number of ketones is 1. The number of hydrogen-bond donors (Lipinski definition) is 1. The van der Waals surface area contributed by atoms with Crippen molar-refractivity contribution in [3.05, 3.63) is 67.9 Å². The predicted molar refractivity (Wildman–Crippen MR) is 132 cm³/mol. The van der Waals surface area contributed by atoms with Crippen LogP contribution in [0.4, 0.5) is 0 Å². The Morgan fingerprint density at radius 1 is 1.28 bits per heavy atom. The van der Waals surface area contributed by atoms with Crippen LogP contribution >= 0.6 is 0 Å². The number of H-pyrrole nitrogens is 1. The van der Waals surface area contributed by atoms with Crippen LogP contribution in [0.2, 0.25) is 0 Å². The minimum atomic E-state index is -0.698. The molecule has 1 aliphatic rings. The Hall–Kier alpha value is -2.93. The predicted octanol–water partition coefficient (Wildman–Crippen LogP) is 4.55. The van der Waals surface area contributed by atoms with Gasteiger partial charge >= 0.3 is 0 Å². The van der Waals surface area contributed by atoms with E-state index in [2.05, 4.69) is 44.8 Å². The zero-order chi connectivity index (χ0) is 24.1. The van der Waals surface area contributed by atoms with E-state index in [1.165, 1.54) is 0 Å². The number of rotatable bonds is 5. The molecule has 1 heterocycles. The third kappa shape index (κ3) is 5.65. The van der Waals surface area contributed by atoms with Gasteiger partial charge in [-0.05, 0) is 61.9 Å². The molecule has 0 amide bonds. The second kappa shape index (κ2) is 10.1. The molecule has 170 valence electrons. The van der Waals surface area contributed by atoms with Gasteiger partial charge < -0.3 is 4.98 Å². The van der Waals surface area contributed by atoms with E-state index in [9.17, 15) is 14.9 Å². The molecule has 3 rings (SSSR count). The largest absolute Gasteiger partial charge is 0.322 e. The molecule has 2 unspecified atom stereocenters. The molecule has 0 aliphatic heterocycles. The van der Waals surface area contributed by atoms with Gasteiger partial charge in [-0.25, -0.2) is 0 Å². The summed E-state index contributed by atoms with van der Waals surface area (Å²) in [4.78, 5) is 27.0. The van der Waals surface area contributed by atoms with Gasteiger partial charge in [-0.3, -0.25) is 9.59 Å². The lowest BCUT2D eigenvalue weighted by atomic mass is 9.61. The van der Waals surface area contributed by atoms with Gasteiger partial charge in [0.25, 0.3) is 5.56 Å². The summed E-state index contributed by atoms with van der Waals surface area (Å²) in [6.45, 7) is 14.0. The molecule has 1 N–H and O–H groups in total. The molecule has 0 fully saturated rings. The van der Waals surface area contributed by atoms with Gasteiger partial charge in [-0.1, -0.05) is 65.0 Å². The van der Waals surface area contributed by atoms with Crippen molar-refractivity contribution < 1.29 is 4.79 Å². The topological polar surface area (TPSA) is 73.7 Å². The van der Waals surface area contributed by atoms with Gasteiger partial charge in [0.15, 0.2) is 5.78 Å². The van der Waals surface area contributed by atoms with E-state index in [1.807, 2.05) is 44.2 Å². The van der Waals surface area contributed by atoms with Crippen LogP contribution < -0.4 is 16.1 Å². The molecule has 0 spiro atoms. The summed E-state index contributed by atoms with van der Waals surface area (Å²) in [6.07, 6.45) is 6.09. The van der Waals surface area contributed by atoms with Crippen molar-refractivity contribution in [2.75, 3.05) is 0 Å². The molecule has 0 saturated carbocycles. The monoisotopic (exact) mass is 432 g/mol. The van der Waals surface area contributed by atoms with Crippen molar-refractivity contribution in [1.82, 2.24) is 4.98 Å². The summed E-state index contributed by atoms with van der Waals surface area (Å²) in [5, 5.41) is 11.9. The summed E-state index contributed by atoms with van der Waals surface area (Å²) in [5.41, 5.74) is 1.18. The zero-order valence-electron chi connectivity index (χ0n) is 20.5. The van der Waals surface area contributed by atoms with E-state index in [-0.39, 0.29) is 11.3 Å². The Kier molecular flexibility index (Phi) is 8.02. The average molecular weight is 433 g/mol. The van der Waals surface area contributed by atoms with Crippen LogP contribution in [0.5, 0.6) is 0 Å².